The number of benzene rings is 2. The minimum absolute atomic E-state index is 0.0475. The third-order valence-corrected chi connectivity index (χ3v) is 3.36. The number of nitrogens with one attached hydrogen (secondary N) is 1. The van der Waals surface area contributed by atoms with Crippen molar-refractivity contribution in [2.24, 2.45) is 0 Å². The van der Waals surface area contributed by atoms with Crippen molar-refractivity contribution in [1.29, 1.82) is 0 Å². The van der Waals surface area contributed by atoms with E-state index in [4.69, 9.17) is 9.47 Å². The molecule has 1 N–H and O–H groups in total. The van der Waals surface area contributed by atoms with E-state index < -0.39 is 17.6 Å². The highest BCUT2D eigenvalue weighted by Crippen LogP contribution is 2.35. The second-order valence-electron chi connectivity index (χ2n) is 5.09. The molecule has 128 valence electrons. The van der Waals surface area contributed by atoms with E-state index in [1.54, 1.807) is 6.07 Å². The Hall–Kier alpha value is -3.29. The molecule has 0 aliphatic carbocycles. The molecule has 1 aromatic heterocycles. The fourth-order valence-electron chi connectivity index (χ4n) is 2.28. The Bertz CT molecular complexity index is 963. The summed E-state index contributed by atoms with van der Waals surface area (Å²) in [6, 6.07) is 6.23. The maximum Gasteiger partial charge on any atom is 0.308 e. The first-order valence-corrected chi connectivity index (χ1v) is 7.21. The molecule has 0 atom stereocenters. The highest BCUT2D eigenvalue weighted by atomic mass is 19.1. The van der Waals surface area contributed by atoms with Crippen LogP contribution in [0.2, 0.25) is 0 Å². The molecule has 0 saturated carbocycles. The summed E-state index contributed by atoms with van der Waals surface area (Å²) < 4.78 is 37.2. The minimum Gasteiger partial charge on any atom is -0.493 e. The number of carbonyl (C=O) groups excluding carboxylic acids is 1. The normalized spacial score (nSPS) is 10.6. The Morgan fingerprint density at radius 1 is 1.12 bits per heavy atom. The number of esters is 1. The van der Waals surface area contributed by atoms with Gasteiger partial charge in [0.15, 0.2) is 11.5 Å². The summed E-state index contributed by atoms with van der Waals surface area (Å²) in [5, 5.41) is 3.26. The molecular weight excluding hydrogens is 332 g/mol. The smallest absolute Gasteiger partial charge is 0.308 e. The third-order valence-electron chi connectivity index (χ3n) is 3.36. The second-order valence-corrected chi connectivity index (χ2v) is 5.09. The SMILES string of the molecule is COc1cc2ncnc(Nc3ccc(F)cc3F)c2cc1OC(C)=O. The zero-order valence-electron chi connectivity index (χ0n) is 13.3. The summed E-state index contributed by atoms with van der Waals surface area (Å²) in [4.78, 5) is 19.5. The largest absolute Gasteiger partial charge is 0.493 e. The zero-order chi connectivity index (χ0) is 18.0. The van der Waals surface area contributed by atoms with Crippen LogP contribution in [-0.4, -0.2) is 23.0 Å². The molecular formula is C17H13F2N3O3. The number of rotatable bonds is 4. The lowest BCUT2D eigenvalue weighted by atomic mass is 10.2. The van der Waals surface area contributed by atoms with Gasteiger partial charge in [0.25, 0.3) is 0 Å². The Balaban J connectivity index is 2.10. The average Bonchev–Trinajstić information content (AvgIpc) is 2.56. The van der Waals surface area contributed by atoms with Gasteiger partial charge in [-0.25, -0.2) is 18.7 Å². The molecule has 3 rings (SSSR count). The van der Waals surface area contributed by atoms with E-state index in [1.165, 1.54) is 32.5 Å². The number of carbonyl (C=O) groups is 1. The molecule has 0 fully saturated rings. The first-order valence-electron chi connectivity index (χ1n) is 7.21. The number of aromatic nitrogens is 2. The zero-order valence-corrected chi connectivity index (χ0v) is 13.3. The number of halogens is 2. The van der Waals surface area contributed by atoms with E-state index in [2.05, 4.69) is 15.3 Å². The summed E-state index contributed by atoms with van der Waals surface area (Å²) in [5.74, 6) is -1.20. The van der Waals surface area contributed by atoms with Gasteiger partial charge in [0, 0.05) is 24.4 Å². The predicted molar refractivity (Wildman–Crippen MR) is 87.0 cm³/mol. The average molecular weight is 345 g/mol. The lowest BCUT2D eigenvalue weighted by Gasteiger charge is -2.12. The van der Waals surface area contributed by atoms with Gasteiger partial charge in [0.1, 0.15) is 23.8 Å². The standard InChI is InChI=1S/C17H13F2N3O3/c1-9(23)25-16-6-11-14(7-15(16)24-2)20-8-21-17(11)22-13-4-3-10(18)5-12(13)19/h3-8H,1-2H3,(H,20,21,22). The summed E-state index contributed by atoms with van der Waals surface area (Å²) in [5.41, 5.74) is 0.541. The van der Waals surface area contributed by atoms with Gasteiger partial charge < -0.3 is 14.8 Å². The quantitative estimate of drug-likeness (QED) is 0.575. The molecule has 0 unspecified atom stereocenters. The van der Waals surface area contributed by atoms with Gasteiger partial charge in [-0.15, -0.1) is 0 Å². The fourth-order valence-corrected chi connectivity index (χ4v) is 2.28. The van der Waals surface area contributed by atoms with Crippen LogP contribution in [0.1, 0.15) is 6.92 Å². The highest BCUT2D eigenvalue weighted by Gasteiger charge is 2.14. The summed E-state index contributed by atoms with van der Waals surface area (Å²) >= 11 is 0. The Morgan fingerprint density at radius 3 is 2.60 bits per heavy atom. The highest BCUT2D eigenvalue weighted by molar-refractivity contribution is 5.93. The van der Waals surface area contributed by atoms with Crippen molar-refractivity contribution in [3.63, 3.8) is 0 Å². The molecule has 1 heterocycles. The maximum atomic E-state index is 13.9. The number of hydrogen-bond donors (Lipinski definition) is 1. The van der Waals surface area contributed by atoms with Gasteiger partial charge in [-0.3, -0.25) is 4.79 Å². The summed E-state index contributed by atoms with van der Waals surface area (Å²) in [6.45, 7) is 1.26. The molecule has 8 heteroatoms. The number of ether oxygens (including phenoxy) is 2. The van der Waals surface area contributed by atoms with Gasteiger partial charge in [0.05, 0.1) is 18.3 Å². The van der Waals surface area contributed by atoms with Crippen LogP contribution in [0.15, 0.2) is 36.7 Å². The Kier molecular flexibility index (Phi) is 4.42. The Labute approximate surface area is 141 Å². The number of anilines is 2. The first-order chi connectivity index (χ1) is 12.0. The lowest BCUT2D eigenvalue weighted by Crippen LogP contribution is -2.04. The number of methoxy groups -OCH3 is 1. The van der Waals surface area contributed by atoms with Crippen molar-refractivity contribution in [2.75, 3.05) is 12.4 Å². The monoisotopic (exact) mass is 345 g/mol. The fraction of sp³-hybridized carbons (Fsp3) is 0.118. The molecule has 2 aromatic carbocycles. The molecule has 0 radical (unpaired) electrons. The van der Waals surface area contributed by atoms with Crippen molar-refractivity contribution in [3.8, 4) is 11.5 Å². The molecule has 0 bridgehead atoms. The van der Waals surface area contributed by atoms with Crippen molar-refractivity contribution in [1.82, 2.24) is 9.97 Å². The molecule has 25 heavy (non-hydrogen) atoms. The molecule has 0 saturated heterocycles. The van der Waals surface area contributed by atoms with Crippen LogP contribution in [0.5, 0.6) is 11.5 Å². The third kappa shape index (κ3) is 3.47. The predicted octanol–water partition coefficient (Wildman–Crippen LogP) is 3.59. The molecule has 0 amide bonds. The van der Waals surface area contributed by atoms with Crippen molar-refractivity contribution < 1.29 is 23.0 Å². The van der Waals surface area contributed by atoms with Gasteiger partial charge >= 0.3 is 5.97 Å². The van der Waals surface area contributed by atoms with Crippen LogP contribution in [0.3, 0.4) is 0 Å². The van der Waals surface area contributed by atoms with E-state index in [9.17, 15) is 13.6 Å². The van der Waals surface area contributed by atoms with E-state index in [1.807, 2.05) is 0 Å². The first kappa shape index (κ1) is 16.6. The van der Waals surface area contributed by atoms with Crippen LogP contribution in [-0.2, 0) is 4.79 Å². The molecule has 6 nitrogen and oxygen atoms in total. The van der Waals surface area contributed by atoms with E-state index in [0.717, 1.165) is 12.1 Å². The van der Waals surface area contributed by atoms with Crippen molar-refractivity contribution in [3.05, 3.63) is 48.3 Å². The van der Waals surface area contributed by atoms with Crippen LogP contribution >= 0.6 is 0 Å². The molecule has 0 spiro atoms. The lowest BCUT2D eigenvalue weighted by molar-refractivity contribution is -0.132. The van der Waals surface area contributed by atoms with Gasteiger partial charge in [-0.05, 0) is 18.2 Å². The van der Waals surface area contributed by atoms with Gasteiger partial charge in [-0.2, -0.15) is 0 Å². The minimum atomic E-state index is -0.763. The molecule has 0 aliphatic rings. The van der Waals surface area contributed by atoms with Crippen LogP contribution in [0, 0.1) is 11.6 Å². The van der Waals surface area contributed by atoms with Crippen LogP contribution < -0.4 is 14.8 Å². The van der Waals surface area contributed by atoms with Crippen molar-refractivity contribution >= 4 is 28.4 Å². The van der Waals surface area contributed by atoms with Crippen LogP contribution in [0.4, 0.5) is 20.3 Å². The second kappa shape index (κ2) is 6.68. The van der Waals surface area contributed by atoms with Crippen molar-refractivity contribution in [2.45, 2.75) is 6.92 Å². The molecule has 3 aromatic rings. The number of nitrogens with zero attached hydrogens (tertiary/aromatic N) is 2. The van der Waals surface area contributed by atoms with Crippen LogP contribution in [0.25, 0.3) is 10.9 Å². The number of fused-ring (bicyclic) bond motifs is 1. The summed E-state index contributed by atoms with van der Waals surface area (Å²) in [6.07, 6.45) is 1.29. The number of hydrogen-bond acceptors (Lipinski definition) is 6. The van der Waals surface area contributed by atoms with Gasteiger partial charge in [0.2, 0.25) is 0 Å². The van der Waals surface area contributed by atoms with E-state index >= 15 is 0 Å². The maximum absolute atomic E-state index is 13.9. The Morgan fingerprint density at radius 2 is 1.92 bits per heavy atom. The van der Waals surface area contributed by atoms with Gasteiger partial charge in [-0.1, -0.05) is 0 Å². The van der Waals surface area contributed by atoms with E-state index in [0.29, 0.717) is 16.7 Å². The van der Waals surface area contributed by atoms with E-state index in [-0.39, 0.29) is 17.3 Å². The summed E-state index contributed by atoms with van der Waals surface area (Å²) in [7, 11) is 1.43. The molecule has 0 aliphatic heterocycles. The topological polar surface area (TPSA) is 73.3 Å².